The van der Waals surface area contributed by atoms with Crippen LogP contribution in [-0.2, 0) is 6.42 Å². The van der Waals surface area contributed by atoms with Crippen molar-refractivity contribution >= 4 is 0 Å². The molecule has 2 atom stereocenters. The van der Waals surface area contributed by atoms with Gasteiger partial charge in [-0.2, -0.15) is 0 Å². The Morgan fingerprint density at radius 3 is 2.48 bits per heavy atom. The lowest BCUT2D eigenvalue weighted by molar-refractivity contribution is 0.0618. The van der Waals surface area contributed by atoms with Crippen molar-refractivity contribution in [3.63, 3.8) is 0 Å². The zero-order chi connectivity index (χ0) is 15.8. The van der Waals surface area contributed by atoms with Gasteiger partial charge in [-0.25, -0.2) is 0 Å². The molecule has 1 fully saturated rings. The predicted octanol–water partition coefficient (Wildman–Crippen LogP) is 4.20. The lowest BCUT2D eigenvalue weighted by Gasteiger charge is -2.30. The average Bonchev–Trinajstić information content (AvgIpc) is 2.99. The standard InChI is InChI=1S/C21H25NO/c22-20(21(23)14-6-2-1-3-7-14)16-10-11-19-17(13-16)12-15-8-4-5-9-18(15)19/h4-5,8-11,13-14,20-21,23H,1-3,6-7,12,22H2/t20-,21+/m0/s1. The number of nitrogens with two attached hydrogens (primary N) is 1. The molecule has 120 valence electrons. The van der Waals surface area contributed by atoms with Crippen molar-refractivity contribution in [3.8, 4) is 11.1 Å². The third-order valence-corrected chi connectivity index (χ3v) is 5.70. The maximum Gasteiger partial charge on any atom is 0.0760 e. The van der Waals surface area contributed by atoms with Crippen LogP contribution in [-0.4, -0.2) is 11.2 Å². The number of hydrogen-bond acceptors (Lipinski definition) is 2. The highest BCUT2D eigenvalue weighted by Gasteiger charge is 2.28. The highest BCUT2D eigenvalue weighted by atomic mass is 16.3. The molecule has 0 saturated heterocycles. The molecule has 0 aliphatic heterocycles. The second-order valence-electron chi connectivity index (χ2n) is 7.16. The van der Waals surface area contributed by atoms with Crippen LogP contribution < -0.4 is 5.73 Å². The molecule has 23 heavy (non-hydrogen) atoms. The summed E-state index contributed by atoms with van der Waals surface area (Å²) in [5, 5.41) is 10.7. The van der Waals surface area contributed by atoms with Crippen LogP contribution in [0.1, 0.15) is 54.8 Å². The normalized spacial score (nSPS) is 19.9. The minimum Gasteiger partial charge on any atom is -0.391 e. The lowest BCUT2D eigenvalue weighted by atomic mass is 9.81. The van der Waals surface area contributed by atoms with Crippen molar-refractivity contribution in [3.05, 3.63) is 59.2 Å². The summed E-state index contributed by atoms with van der Waals surface area (Å²) < 4.78 is 0. The van der Waals surface area contributed by atoms with E-state index >= 15 is 0 Å². The van der Waals surface area contributed by atoms with Gasteiger partial charge >= 0.3 is 0 Å². The largest absolute Gasteiger partial charge is 0.391 e. The third kappa shape index (κ3) is 2.71. The highest BCUT2D eigenvalue weighted by Crippen LogP contribution is 2.38. The van der Waals surface area contributed by atoms with Crippen molar-refractivity contribution in [2.75, 3.05) is 0 Å². The molecule has 1 saturated carbocycles. The van der Waals surface area contributed by atoms with Gasteiger partial charge in [-0.3, -0.25) is 0 Å². The van der Waals surface area contributed by atoms with Crippen molar-refractivity contribution < 1.29 is 5.11 Å². The Balaban J connectivity index is 1.58. The van der Waals surface area contributed by atoms with E-state index in [1.807, 2.05) is 0 Å². The number of aliphatic hydroxyl groups excluding tert-OH is 1. The van der Waals surface area contributed by atoms with Gasteiger partial charge in [-0.15, -0.1) is 0 Å². The fraction of sp³-hybridized carbons (Fsp3) is 0.429. The lowest BCUT2D eigenvalue weighted by Crippen LogP contribution is -2.34. The van der Waals surface area contributed by atoms with Gasteiger partial charge in [0.25, 0.3) is 0 Å². The first-order chi connectivity index (χ1) is 11.2. The summed E-state index contributed by atoms with van der Waals surface area (Å²) in [6.45, 7) is 0. The first kappa shape index (κ1) is 14.9. The number of aliphatic hydroxyl groups is 1. The van der Waals surface area contributed by atoms with E-state index in [-0.39, 0.29) is 6.04 Å². The summed E-state index contributed by atoms with van der Waals surface area (Å²) in [7, 11) is 0. The molecule has 2 nitrogen and oxygen atoms in total. The van der Waals surface area contributed by atoms with E-state index in [1.165, 1.54) is 41.5 Å². The van der Waals surface area contributed by atoms with Gasteiger partial charge < -0.3 is 10.8 Å². The smallest absolute Gasteiger partial charge is 0.0760 e. The minimum atomic E-state index is -0.419. The Labute approximate surface area is 138 Å². The van der Waals surface area contributed by atoms with Gasteiger partial charge in [-0.1, -0.05) is 61.7 Å². The molecule has 2 aliphatic carbocycles. The van der Waals surface area contributed by atoms with Crippen LogP contribution in [0.25, 0.3) is 11.1 Å². The van der Waals surface area contributed by atoms with Gasteiger partial charge in [0.05, 0.1) is 12.1 Å². The molecule has 0 spiro atoms. The van der Waals surface area contributed by atoms with Gasteiger partial charge in [0.2, 0.25) is 0 Å². The van der Waals surface area contributed by atoms with Crippen LogP contribution in [0.3, 0.4) is 0 Å². The van der Waals surface area contributed by atoms with Crippen molar-refractivity contribution in [1.82, 2.24) is 0 Å². The molecule has 0 unspecified atom stereocenters. The quantitative estimate of drug-likeness (QED) is 0.762. The maximum atomic E-state index is 10.7. The van der Waals surface area contributed by atoms with Crippen LogP contribution in [0.4, 0.5) is 0 Å². The molecule has 0 bridgehead atoms. The molecule has 0 heterocycles. The second-order valence-corrected chi connectivity index (χ2v) is 7.16. The molecular weight excluding hydrogens is 282 g/mol. The first-order valence-corrected chi connectivity index (χ1v) is 8.89. The topological polar surface area (TPSA) is 46.2 Å². The summed E-state index contributed by atoms with van der Waals surface area (Å²) in [5.74, 6) is 0.365. The minimum absolute atomic E-state index is 0.271. The Morgan fingerprint density at radius 1 is 0.913 bits per heavy atom. The average molecular weight is 307 g/mol. The Hall–Kier alpha value is -1.64. The summed E-state index contributed by atoms with van der Waals surface area (Å²) in [5.41, 5.74) is 12.9. The third-order valence-electron chi connectivity index (χ3n) is 5.70. The van der Waals surface area contributed by atoms with Gasteiger partial charge in [0.1, 0.15) is 0 Å². The van der Waals surface area contributed by atoms with Crippen LogP contribution in [0.2, 0.25) is 0 Å². The van der Waals surface area contributed by atoms with Crippen molar-refractivity contribution in [2.24, 2.45) is 11.7 Å². The maximum absolute atomic E-state index is 10.7. The van der Waals surface area contributed by atoms with Gasteiger partial charge in [0, 0.05) is 0 Å². The zero-order valence-electron chi connectivity index (χ0n) is 13.5. The van der Waals surface area contributed by atoms with Crippen LogP contribution in [0, 0.1) is 5.92 Å². The molecular formula is C21H25NO. The van der Waals surface area contributed by atoms with E-state index in [1.54, 1.807) is 0 Å². The van der Waals surface area contributed by atoms with E-state index in [0.29, 0.717) is 5.92 Å². The summed E-state index contributed by atoms with van der Waals surface area (Å²) in [6.07, 6.45) is 6.55. The molecule has 4 rings (SSSR count). The summed E-state index contributed by atoms with van der Waals surface area (Å²) >= 11 is 0. The Morgan fingerprint density at radius 2 is 1.65 bits per heavy atom. The van der Waals surface area contributed by atoms with E-state index in [2.05, 4.69) is 42.5 Å². The van der Waals surface area contributed by atoms with E-state index < -0.39 is 6.10 Å². The fourth-order valence-electron chi connectivity index (χ4n) is 4.34. The fourth-order valence-corrected chi connectivity index (χ4v) is 4.34. The van der Waals surface area contributed by atoms with E-state index in [0.717, 1.165) is 24.8 Å². The molecule has 0 amide bonds. The van der Waals surface area contributed by atoms with Crippen LogP contribution in [0.15, 0.2) is 42.5 Å². The van der Waals surface area contributed by atoms with Gasteiger partial charge in [-0.05, 0) is 53.0 Å². The predicted molar refractivity (Wildman–Crippen MR) is 94.2 cm³/mol. The number of benzene rings is 2. The molecule has 2 aromatic rings. The van der Waals surface area contributed by atoms with E-state index in [9.17, 15) is 5.11 Å². The molecule has 0 radical (unpaired) electrons. The van der Waals surface area contributed by atoms with E-state index in [4.69, 9.17) is 5.73 Å². The monoisotopic (exact) mass is 307 g/mol. The number of fused-ring (bicyclic) bond motifs is 3. The zero-order valence-corrected chi connectivity index (χ0v) is 13.5. The Bertz CT molecular complexity index is 703. The molecule has 2 aliphatic rings. The summed E-state index contributed by atoms with van der Waals surface area (Å²) in [6, 6.07) is 14.8. The van der Waals surface area contributed by atoms with Crippen molar-refractivity contribution in [1.29, 1.82) is 0 Å². The molecule has 2 heteroatoms. The Kier molecular flexibility index (Phi) is 3.96. The molecule has 0 aromatic heterocycles. The van der Waals surface area contributed by atoms with Gasteiger partial charge in [0.15, 0.2) is 0 Å². The van der Waals surface area contributed by atoms with Crippen LogP contribution >= 0.6 is 0 Å². The molecule has 3 N–H and O–H groups in total. The summed E-state index contributed by atoms with van der Waals surface area (Å²) in [4.78, 5) is 0. The molecule has 2 aromatic carbocycles. The highest BCUT2D eigenvalue weighted by molar-refractivity contribution is 5.77. The van der Waals surface area contributed by atoms with Crippen molar-refractivity contribution in [2.45, 2.75) is 50.7 Å². The van der Waals surface area contributed by atoms with Crippen LogP contribution in [0.5, 0.6) is 0 Å². The SMILES string of the molecule is N[C@@H](c1ccc2c(c1)Cc1ccccc1-2)[C@H](O)C1CCCCC1. The number of rotatable bonds is 3. The second kappa shape index (κ2) is 6.10. The first-order valence-electron chi connectivity index (χ1n) is 8.89. The number of hydrogen-bond donors (Lipinski definition) is 2.